The van der Waals surface area contributed by atoms with E-state index in [2.05, 4.69) is 23.4 Å². The van der Waals surface area contributed by atoms with Crippen LogP contribution in [0.2, 0.25) is 0 Å². The molecule has 4 nitrogen and oxygen atoms in total. The molecule has 0 radical (unpaired) electrons. The Balaban J connectivity index is 1.83. The SMILES string of the molecule is COc1cccc(CN[C@@H](C)Cn2cccn2)c1. The Morgan fingerprint density at radius 1 is 1.39 bits per heavy atom. The van der Waals surface area contributed by atoms with Crippen LogP contribution in [0.4, 0.5) is 0 Å². The van der Waals surface area contributed by atoms with Crippen LogP contribution in [-0.4, -0.2) is 22.9 Å². The lowest BCUT2D eigenvalue weighted by molar-refractivity contribution is 0.413. The molecule has 0 aliphatic heterocycles. The molecule has 0 aliphatic rings. The third-order valence-electron chi connectivity index (χ3n) is 2.81. The van der Waals surface area contributed by atoms with Gasteiger partial charge in [0.05, 0.1) is 13.7 Å². The van der Waals surface area contributed by atoms with Gasteiger partial charge < -0.3 is 10.1 Å². The first-order valence-corrected chi connectivity index (χ1v) is 6.11. The van der Waals surface area contributed by atoms with Gasteiger partial charge in [-0.15, -0.1) is 0 Å². The molecule has 0 saturated heterocycles. The number of hydrogen-bond acceptors (Lipinski definition) is 3. The van der Waals surface area contributed by atoms with Crippen molar-refractivity contribution in [2.75, 3.05) is 7.11 Å². The third kappa shape index (κ3) is 3.60. The molecule has 1 aromatic carbocycles. The summed E-state index contributed by atoms with van der Waals surface area (Å²) in [5.74, 6) is 0.897. The minimum atomic E-state index is 0.371. The number of ether oxygens (including phenoxy) is 1. The zero-order chi connectivity index (χ0) is 12.8. The zero-order valence-corrected chi connectivity index (χ0v) is 10.8. The van der Waals surface area contributed by atoms with E-state index in [1.165, 1.54) is 5.56 Å². The number of rotatable bonds is 6. The second kappa shape index (κ2) is 6.21. The average molecular weight is 245 g/mol. The smallest absolute Gasteiger partial charge is 0.119 e. The van der Waals surface area contributed by atoms with Gasteiger partial charge in [-0.05, 0) is 30.7 Å². The molecular formula is C14H19N3O. The van der Waals surface area contributed by atoms with Crippen LogP contribution in [0.15, 0.2) is 42.7 Å². The molecule has 0 unspecified atom stereocenters. The lowest BCUT2D eigenvalue weighted by Gasteiger charge is -2.14. The number of hydrogen-bond donors (Lipinski definition) is 1. The molecule has 0 fully saturated rings. The van der Waals surface area contributed by atoms with Crippen molar-refractivity contribution in [3.8, 4) is 5.75 Å². The summed E-state index contributed by atoms with van der Waals surface area (Å²) in [5.41, 5.74) is 1.22. The monoisotopic (exact) mass is 245 g/mol. The molecule has 4 heteroatoms. The summed E-state index contributed by atoms with van der Waals surface area (Å²) in [7, 11) is 1.69. The third-order valence-corrected chi connectivity index (χ3v) is 2.81. The van der Waals surface area contributed by atoms with E-state index in [1.54, 1.807) is 13.3 Å². The predicted octanol–water partition coefficient (Wildman–Crippen LogP) is 2.07. The molecule has 0 amide bonds. The number of nitrogens with one attached hydrogen (secondary N) is 1. The second-order valence-electron chi connectivity index (χ2n) is 4.36. The Labute approximate surface area is 108 Å². The minimum Gasteiger partial charge on any atom is -0.497 e. The van der Waals surface area contributed by atoms with Crippen LogP contribution in [0.25, 0.3) is 0 Å². The second-order valence-corrected chi connectivity index (χ2v) is 4.36. The van der Waals surface area contributed by atoms with Gasteiger partial charge in [0.2, 0.25) is 0 Å². The molecule has 0 spiro atoms. The van der Waals surface area contributed by atoms with Gasteiger partial charge in [-0.25, -0.2) is 0 Å². The van der Waals surface area contributed by atoms with E-state index in [0.717, 1.165) is 18.8 Å². The molecule has 96 valence electrons. The normalized spacial score (nSPS) is 12.3. The highest BCUT2D eigenvalue weighted by Gasteiger charge is 2.03. The molecule has 1 atom stereocenters. The largest absolute Gasteiger partial charge is 0.497 e. The van der Waals surface area contributed by atoms with Gasteiger partial charge in [0.25, 0.3) is 0 Å². The van der Waals surface area contributed by atoms with Crippen LogP contribution in [0.1, 0.15) is 12.5 Å². The Morgan fingerprint density at radius 2 is 2.28 bits per heavy atom. The van der Waals surface area contributed by atoms with Crippen molar-refractivity contribution < 1.29 is 4.74 Å². The zero-order valence-electron chi connectivity index (χ0n) is 10.8. The van der Waals surface area contributed by atoms with Crippen molar-refractivity contribution in [2.24, 2.45) is 0 Å². The Morgan fingerprint density at radius 3 is 3.00 bits per heavy atom. The van der Waals surface area contributed by atoms with Crippen molar-refractivity contribution in [3.05, 3.63) is 48.3 Å². The van der Waals surface area contributed by atoms with Crippen LogP contribution in [0, 0.1) is 0 Å². The molecule has 0 aliphatic carbocycles. The van der Waals surface area contributed by atoms with Gasteiger partial charge in [-0.2, -0.15) is 5.10 Å². The summed E-state index contributed by atoms with van der Waals surface area (Å²) in [6.45, 7) is 3.86. The van der Waals surface area contributed by atoms with Gasteiger partial charge >= 0.3 is 0 Å². The summed E-state index contributed by atoms with van der Waals surface area (Å²) in [6.07, 6.45) is 3.78. The van der Waals surface area contributed by atoms with E-state index < -0.39 is 0 Å². The molecule has 2 rings (SSSR count). The van der Waals surface area contributed by atoms with Crippen LogP contribution >= 0.6 is 0 Å². The van der Waals surface area contributed by atoms with Crippen molar-refractivity contribution in [2.45, 2.75) is 26.1 Å². The highest BCUT2D eigenvalue weighted by Crippen LogP contribution is 2.12. The quantitative estimate of drug-likeness (QED) is 0.846. The Bertz CT molecular complexity index is 468. The molecule has 0 bridgehead atoms. The first-order valence-electron chi connectivity index (χ1n) is 6.11. The van der Waals surface area contributed by atoms with Crippen LogP contribution < -0.4 is 10.1 Å². The molecule has 18 heavy (non-hydrogen) atoms. The number of benzene rings is 1. The molecule has 1 heterocycles. The summed E-state index contributed by atoms with van der Waals surface area (Å²) in [5, 5.41) is 7.67. The van der Waals surface area contributed by atoms with E-state index in [1.807, 2.05) is 35.1 Å². The minimum absolute atomic E-state index is 0.371. The lowest BCUT2D eigenvalue weighted by Crippen LogP contribution is -2.30. The summed E-state index contributed by atoms with van der Waals surface area (Å²) in [6, 6.07) is 10.4. The van der Waals surface area contributed by atoms with Gasteiger partial charge in [0.15, 0.2) is 0 Å². The maximum Gasteiger partial charge on any atom is 0.119 e. The standard InChI is InChI=1S/C14H19N3O/c1-12(11-17-8-4-7-16-17)15-10-13-5-3-6-14(9-13)18-2/h3-9,12,15H,10-11H2,1-2H3/t12-/m0/s1. The average Bonchev–Trinajstić information content (AvgIpc) is 2.89. The highest BCUT2D eigenvalue weighted by atomic mass is 16.5. The van der Waals surface area contributed by atoms with Crippen molar-refractivity contribution in [3.63, 3.8) is 0 Å². The van der Waals surface area contributed by atoms with E-state index >= 15 is 0 Å². The van der Waals surface area contributed by atoms with Gasteiger partial charge in [-0.3, -0.25) is 4.68 Å². The fourth-order valence-electron chi connectivity index (χ4n) is 1.83. The van der Waals surface area contributed by atoms with E-state index in [-0.39, 0.29) is 0 Å². The maximum atomic E-state index is 5.20. The fraction of sp³-hybridized carbons (Fsp3) is 0.357. The summed E-state index contributed by atoms with van der Waals surface area (Å²) in [4.78, 5) is 0. The van der Waals surface area contributed by atoms with Crippen LogP contribution in [0.3, 0.4) is 0 Å². The van der Waals surface area contributed by atoms with E-state index in [9.17, 15) is 0 Å². The van der Waals surface area contributed by atoms with E-state index in [0.29, 0.717) is 6.04 Å². The lowest BCUT2D eigenvalue weighted by atomic mass is 10.2. The van der Waals surface area contributed by atoms with E-state index in [4.69, 9.17) is 4.74 Å². The Kier molecular flexibility index (Phi) is 4.36. The molecular weight excluding hydrogens is 226 g/mol. The highest BCUT2D eigenvalue weighted by molar-refractivity contribution is 5.28. The first kappa shape index (κ1) is 12.6. The molecule has 1 N–H and O–H groups in total. The van der Waals surface area contributed by atoms with Crippen molar-refractivity contribution in [1.82, 2.24) is 15.1 Å². The maximum absolute atomic E-state index is 5.20. The van der Waals surface area contributed by atoms with Gasteiger partial charge in [0.1, 0.15) is 5.75 Å². The summed E-state index contributed by atoms with van der Waals surface area (Å²) >= 11 is 0. The molecule has 2 aromatic rings. The molecule has 1 aromatic heterocycles. The number of methoxy groups -OCH3 is 1. The first-order chi connectivity index (χ1) is 8.78. The van der Waals surface area contributed by atoms with Crippen LogP contribution in [-0.2, 0) is 13.1 Å². The predicted molar refractivity (Wildman–Crippen MR) is 71.5 cm³/mol. The topological polar surface area (TPSA) is 39.1 Å². The Hall–Kier alpha value is -1.81. The van der Waals surface area contributed by atoms with Crippen molar-refractivity contribution in [1.29, 1.82) is 0 Å². The summed E-state index contributed by atoms with van der Waals surface area (Å²) < 4.78 is 7.14. The number of nitrogens with zero attached hydrogens (tertiary/aromatic N) is 2. The van der Waals surface area contributed by atoms with Crippen molar-refractivity contribution >= 4 is 0 Å². The van der Waals surface area contributed by atoms with Gasteiger partial charge in [-0.1, -0.05) is 12.1 Å². The molecule has 0 saturated carbocycles. The fourth-order valence-corrected chi connectivity index (χ4v) is 1.83. The van der Waals surface area contributed by atoms with Gasteiger partial charge in [0, 0.05) is 25.0 Å². The van der Waals surface area contributed by atoms with Crippen LogP contribution in [0.5, 0.6) is 5.75 Å². The number of aromatic nitrogens is 2.